The van der Waals surface area contributed by atoms with Crippen LogP contribution in [-0.2, 0) is 16.1 Å². The van der Waals surface area contributed by atoms with Crippen molar-refractivity contribution in [2.24, 2.45) is 11.0 Å². The number of rotatable bonds is 14. The number of hydrogen-bond donors (Lipinski definition) is 2. The maximum absolute atomic E-state index is 13.2. The van der Waals surface area contributed by atoms with Crippen molar-refractivity contribution in [3.05, 3.63) is 131 Å². The molecule has 0 fully saturated rings. The number of carbonyl (C=O) groups is 3. The van der Waals surface area contributed by atoms with E-state index in [1.807, 2.05) is 19.9 Å². The molecule has 0 radical (unpaired) electrons. The zero-order valence-electron chi connectivity index (χ0n) is 26.7. The van der Waals surface area contributed by atoms with Crippen molar-refractivity contribution >= 4 is 30.1 Å². The Morgan fingerprint density at radius 1 is 0.787 bits per heavy atom. The molecule has 2 N–H and O–H groups in total. The molecule has 10 heteroatoms. The highest BCUT2D eigenvalue weighted by atomic mass is 16.5. The van der Waals surface area contributed by atoms with Gasteiger partial charge in [-0.1, -0.05) is 44.2 Å². The lowest BCUT2D eigenvalue weighted by molar-refractivity contribution is -0.117. The maximum atomic E-state index is 13.2. The van der Waals surface area contributed by atoms with Gasteiger partial charge in [-0.25, -0.2) is 10.2 Å². The molecule has 0 unspecified atom stereocenters. The average molecular weight is 636 g/mol. The van der Waals surface area contributed by atoms with Crippen LogP contribution in [0.25, 0.3) is 6.08 Å². The van der Waals surface area contributed by atoms with Gasteiger partial charge in [0, 0.05) is 11.1 Å². The van der Waals surface area contributed by atoms with E-state index in [0.29, 0.717) is 46.1 Å². The minimum absolute atomic E-state index is 0.00388. The fourth-order valence-corrected chi connectivity index (χ4v) is 4.20. The van der Waals surface area contributed by atoms with Crippen molar-refractivity contribution in [2.45, 2.75) is 20.5 Å². The molecule has 4 aromatic carbocycles. The standard InChI is InChI=1S/C37H37N3O7/c1-25(2)23-47-37(43)29-13-17-32(18-14-29)46-24-30-20-27(12-19-34(30)45-4)22-38-40-36(42)33(21-26-10-15-31(44-3)16-11-26)39-35(41)28-8-6-5-7-9-28/h5-22,25H,23-24H2,1-4H3,(H,39,41)(H,40,42)/b33-21-,38-22+. The number of nitrogens with zero attached hydrogens (tertiary/aromatic N) is 1. The molecule has 0 aromatic heterocycles. The predicted octanol–water partition coefficient (Wildman–Crippen LogP) is 6.02. The molecule has 0 aliphatic rings. The third kappa shape index (κ3) is 10.3. The number of carbonyl (C=O) groups excluding carboxylic acids is 3. The van der Waals surface area contributed by atoms with E-state index in [4.69, 9.17) is 18.9 Å². The summed E-state index contributed by atoms with van der Waals surface area (Å²) in [6.07, 6.45) is 3.03. The normalized spacial score (nSPS) is 11.2. The Morgan fingerprint density at radius 2 is 1.47 bits per heavy atom. The summed E-state index contributed by atoms with van der Waals surface area (Å²) in [5.74, 6) is 0.641. The second-order valence-corrected chi connectivity index (χ2v) is 10.7. The van der Waals surface area contributed by atoms with Gasteiger partial charge in [0.1, 0.15) is 29.6 Å². The van der Waals surface area contributed by atoms with Gasteiger partial charge in [-0.2, -0.15) is 5.10 Å². The largest absolute Gasteiger partial charge is 0.497 e. The lowest BCUT2D eigenvalue weighted by atomic mass is 10.1. The van der Waals surface area contributed by atoms with Crippen LogP contribution in [0.5, 0.6) is 17.2 Å². The topological polar surface area (TPSA) is 125 Å². The van der Waals surface area contributed by atoms with Crippen LogP contribution in [0.2, 0.25) is 0 Å². The molecular weight excluding hydrogens is 598 g/mol. The van der Waals surface area contributed by atoms with Gasteiger partial charge in [-0.15, -0.1) is 0 Å². The van der Waals surface area contributed by atoms with Crippen LogP contribution in [0, 0.1) is 5.92 Å². The maximum Gasteiger partial charge on any atom is 0.338 e. The summed E-state index contributed by atoms with van der Waals surface area (Å²) >= 11 is 0. The van der Waals surface area contributed by atoms with E-state index in [2.05, 4.69) is 15.8 Å². The molecule has 0 saturated heterocycles. The molecular formula is C37H37N3O7. The Balaban J connectivity index is 1.43. The Labute approximate surface area is 274 Å². The zero-order chi connectivity index (χ0) is 33.6. The number of esters is 1. The number of amides is 2. The first-order valence-corrected chi connectivity index (χ1v) is 14.9. The molecule has 0 saturated carbocycles. The fraction of sp³-hybridized carbons (Fsp3) is 0.189. The van der Waals surface area contributed by atoms with Gasteiger partial charge >= 0.3 is 5.97 Å². The highest BCUT2D eigenvalue weighted by Gasteiger charge is 2.15. The van der Waals surface area contributed by atoms with Gasteiger partial charge in [0.25, 0.3) is 11.8 Å². The first-order valence-electron chi connectivity index (χ1n) is 14.9. The predicted molar refractivity (Wildman–Crippen MR) is 180 cm³/mol. The van der Waals surface area contributed by atoms with E-state index in [1.54, 1.807) is 111 Å². The Morgan fingerprint density at radius 3 is 2.13 bits per heavy atom. The summed E-state index contributed by atoms with van der Waals surface area (Å²) in [6, 6.07) is 27.7. The number of ether oxygens (including phenoxy) is 4. The molecule has 10 nitrogen and oxygen atoms in total. The third-order valence-electron chi connectivity index (χ3n) is 6.67. The number of hydrogen-bond acceptors (Lipinski definition) is 8. The van der Waals surface area contributed by atoms with Gasteiger partial charge in [-0.3, -0.25) is 9.59 Å². The van der Waals surface area contributed by atoms with Crippen LogP contribution in [0.1, 0.15) is 51.3 Å². The van der Waals surface area contributed by atoms with E-state index in [9.17, 15) is 14.4 Å². The molecule has 0 atom stereocenters. The van der Waals surface area contributed by atoms with Gasteiger partial charge < -0.3 is 24.3 Å². The minimum Gasteiger partial charge on any atom is -0.497 e. The van der Waals surface area contributed by atoms with Crippen molar-refractivity contribution in [2.75, 3.05) is 20.8 Å². The van der Waals surface area contributed by atoms with Crippen LogP contribution in [0.4, 0.5) is 0 Å². The number of hydrazone groups is 1. The summed E-state index contributed by atoms with van der Waals surface area (Å²) in [6.45, 7) is 4.48. The Bertz CT molecular complexity index is 1720. The SMILES string of the molecule is COc1ccc(/C=C(\NC(=O)c2ccccc2)C(=O)N/N=C/c2ccc(OC)c(COc3ccc(C(=O)OCC(C)C)cc3)c2)cc1. The van der Waals surface area contributed by atoms with Gasteiger partial charge in [-0.05, 0) is 89.9 Å². The summed E-state index contributed by atoms with van der Waals surface area (Å²) < 4.78 is 21.9. The molecule has 2 amide bonds. The van der Waals surface area contributed by atoms with Crippen LogP contribution in [0.3, 0.4) is 0 Å². The summed E-state index contributed by atoms with van der Waals surface area (Å²) in [5, 5.41) is 6.80. The molecule has 47 heavy (non-hydrogen) atoms. The van der Waals surface area contributed by atoms with Gasteiger partial charge in [0.15, 0.2) is 0 Å². The van der Waals surface area contributed by atoms with Crippen molar-refractivity contribution in [3.63, 3.8) is 0 Å². The van der Waals surface area contributed by atoms with Crippen molar-refractivity contribution in [1.29, 1.82) is 0 Å². The van der Waals surface area contributed by atoms with E-state index in [1.165, 1.54) is 6.21 Å². The highest BCUT2D eigenvalue weighted by molar-refractivity contribution is 6.05. The molecule has 0 aliphatic heterocycles. The van der Waals surface area contributed by atoms with Gasteiger partial charge in [0.2, 0.25) is 0 Å². The summed E-state index contributed by atoms with van der Waals surface area (Å²) in [7, 11) is 3.12. The molecule has 0 bridgehead atoms. The van der Waals surface area contributed by atoms with E-state index in [-0.39, 0.29) is 24.2 Å². The monoisotopic (exact) mass is 635 g/mol. The highest BCUT2D eigenvalue weighted by Crippen LogP contribution is 2.22. The van der Waals surface area contributed by atoms with Crippen molar-refractivity contribution < 1.29 is 33.3 Å². The molecule has 4 rings (SSSR count). The lowest BCUT2D eigenvalue weighted by Crippen LogP contribution is -2.32. The second kappa shape index (κ2) is 17.0. The Hall–Kier alpha value is -5.90. The van der Waals surface area contributed by atoms with Crippen LogP contribution in [-0.4, -0.2) is 44.8 Å². The molecule has 0 aliphatic carbocycles. The van der Waals surface area contributed by atoms with Crippen molar-refractivity contribution in [3.8, 4) is 17.2 Å². The first-order chi connectivity index (χ1) is 22.7. The molecule has 0 spiro atoms. The summed E-state index contributed by atoms with van der Waals surface area (Å²) in [5.41, 5.74) is 5.41. The smallest absolute Gasteiger partial charge is 0.338 e. The number of benzene rings is 4. The Kier molecular flexibility index (Phi) is 12.3. The van der Waals surface area contributed by atoms with E-state index < -0.39 is 11.8 Å². The van der Waals surface area contributed by atoms with Crippen LogP contribution >= 0.6 is 0 Å². The summed E-state index contributed by atoms with van der Waals surface area (Å²) in [4.78, 5) is 38.2. The third-order valence-corrected chi connectivity index (χ3v) is 6.67. The molecule has 0 heterocycles. The minimum atomic E-state index is -0.616. The molecule has 4 aromatic rings. The number of methoxy groups -OCH3 is 2. The number of nitrogens with one attached hydrogen (secondary N) is 2. The van der Waals surface area contributed by atoms with Crippen LogP contribution in [0.15, 0.2) is 108 Å². The zero-order valence-corrected chi connectivity index (χ0v) is 26.7. The quantitative estimate of drug-likeness (QED) is 0.0752. The van der Waals surface area contributed by atoms with E-state index in [0.717, 1.165) is 5.56 Å². The fourth-order valence-electron chi connectivity index (χ4n) is 4.20. The average Bonchev–Trinajstić information content (AvgIpc) is 3.10. The molecule has 242 valence electrons. The first kappa shape index (κ1) is 34.0. The van der Waals surface area contributed by atoms with Crippen molar-refractivity contribution in [1.82, 2.24) is 10.7 Å². The van der Waals surface area contributed by atoms with Crippen LogP contribution < -0.4 is 25.0 Å². The van der Waals surface area contributed by atoms with E-state index >= 15 is 0 Å². The lowest BCUT2D eigenvalue weighted by Gasteiger charge is -2.12. The second-order valence-electron chi connectivity index (χ2n) is 10.7. The van der Waals surface area contributed by atoms with Gasteiger partial charge in [0.05, 0.1) is 32.6 Å².